The second-order valence-electron chi connectivity index (χ2n) is 4.89. The molecule has 1 atom stereocenters. The lowest BCUT2D eigenvalue weighted by molar-refractivity contribution is 0.115. The Morgan fingerprint density at radius 2 is 2.14 bits per heavy atom. The number of hydrogen-bond acceptors (Lipinski definition) is 5. The summed E-state index contributed by atoms with van der Waals surface area (Å²) in [5, 5.41) is 19.0. The highest BCUT2D eigenvalue weighted by molar-refractivity contribution is 7.08. The van der Waals surface area contributed by atoms with E-state index in [1.165, 1.54) is 0 Å². The van der Waals surface area contributed by atoms with E-state index in [9.17, 15) is 5.11 Å². The van der Waals surface area contributed by atoms with Gasteiger partial charge in [0.1, 0.15) is 6.23 Å². The Bertz CT molecular complexity index is 928. The lowest BCUT2D eigenvalue weighted by atomic mass is 10.2. The highest BCUT2D eigenvalue weighted by Crippen LogP contribution is 2.25. The van der Waals surface area contributed by atoms with Gasteiger partial charge in [0, 0.05) is 16.3 Å². The maximum absolute atomic E-state index is 9.75. The molecule has 6 heteroatoms. The van der Waals surface area contributed by atoms with Crippen molar-refractivity contribution in [1.82, 2.24) is 19.7 Å². The van der Waals surface area contributed by atoms with E-state index in [4.69, 9.17) is 0 Å². The Kier molecular flexibility index (Phi) is 2.73. The van der Waals surface area contributed by atoms with Crippen LogP contribution in [-0.4, -0.2) is 24.9 Å². The summed E-state index contributed by atoms with van der Waals surface area (Å²) < 4.78 is 1.58. The van der Waals surface area contributed by atoms with Gasteiger partial charge >= 0.3 is 0 Å². The maximum Gasteiger partial charge on any atom is 0.144 e. The first-order valence-corrected chi connectivity index (χ1v) is 7.51. The van der Waals surface area contributed by atoms with E-state index < -0.39 is 6.23 Å². The van der Waals surface area contributed by atoms with Gasteiger partial charge in [-0.3, -0.25) is 4.98 Å². The first kappa shape index (κ1) is 12.4. The summed E-state index contributed by atoms with van der Waals surface area (Å²) in [4.78, 5) is 9.15. The predicted molar refractivity (Wildman–Crippen MR) is 83.1 cm³/mol. The van der Waals surface area contributed by atoms with Gasteiger partial charge in [-0.25, -0.2) is 9.67 Å². The lowest BCUT2D eigenvalue weighted by Crippen LogP contribution is -2.04. The number of fused-ring (bicyclic) bond motifs is 2. The predicted octanol–water partition coefficient (Wildman–Crippen LogP) is 3.22. The number of aliphatic hydroxyl groups is 1. The first-order chi connectivity index (χ1) is 10.2. The zero-order chi connectivity index (χ0) is 14.4. The van der Waals surface area contributed by atoms with Crippen molar-refractivity contribution in [2.24, 2.45) is 0 Å². The molecule has 0 bridgehead atoms. The Balaban J connectivity index is 1.97. The number of benzene rings is 1. The number of rotatable bonds is 2. The van der Waals surface area contributed by atoms with Gasteiger partial charge in [0.2, 0.25) is 0 Å². The van der Waals surface area contributed by atoms with E-state index in [0.29, 0.717) is 0 Å². The van der Waals surface area contributed by atoms with Crippen LogP contribution in [0.4, 0.5) is 0 Å². The zero-order valence-electron chi connectivity index (χ0n) is 11.3. The van der Waals surface area contributed by atoms with Gasteiger partial charge in [0.15, 0.2) is 0 Å². The third-order valence-electron chi connectivity index (χ3n) is 3.43. The largest absolute Gasteiger partial charge is 0.372 e. The molecule has 3 heterocycles. The molecule has 0 spiro atoms. The highest BCUT2D eigenvalue weighted by Gasteiger charge is 2.10. The number of hydrogen-bond donors (Lipinski definition) is 1. The van der Waals surface area contributed by atoms with E-state index in [2.05, 4.69) is 20.4 Å². The molecule has 0 aliphatic rings. The van der Waals surface area contributed by atoms with Crippen molar-refractivity contribution < 1.29 is 5.11 Å². The molecule has 0 aliphatic carbocycles. The molecule has 0 saturated heterocycles. The summed E-state index contributed by atoms with van der Waals surface area (Å²) >= 11 is 1.64. The van der Waals surface area contributed by atoms with E-state index >= 15 is 0 Å². The number of nitrogens with zero attached hydrogens (tertiary/aromatic N) is 4. The van der Waals surface area contributed by atoms with E-state index in [-0.39, 0.29) is 0 Å². The minimum Gasteiger partial charge on any atom is -0.372 e. The van der Waals surface area contributed by atoms with Crippen LogP contribution in [0.1, 0.15) is 13.2 Å². The third kappa shape index (κ3) is 2.00. The summed E-state index contributed by atoms with van der Waals surface area (Å²) in [7, 11) is 0. The standard InChI is InChI=1S/C15H12N4OS/c1-9(20)19-15-5-13-12(4-11(15)6-17-19)16-7-14(18-13)10-2-3-21-8-10/h2-9,20H,1H3. The number of aromatic nitrogens is 4. The Morgan fingerprint density at radius 3 is 2.90 bits per heavy atom. The fraction of sp³-hybridized carbons (Fsp3) is 0.133. The molecule has 1 unspecified atom stereocenters. The smallest absolute Gasteiger partial charge is 0.144 e. The van der Waals surface area contributed by atoms with Gasteiger partial charge in [-0.1, -0.05) is 0 Å². The highest BCUT2D eigenvalue weighted by atomic mass is 32.1. The molecule has 0 saturated carbocycles. The fourth-order valence-electron chi connectivity index (χ4n) is 2.40. The van der Waals surface area contributed by atoms with Gasteiger partial charge in [-0.15, -0.1) is 0 Å². The molecule has 1 N–H and O–H groups in total. The van der Waals surface area contributed by atoms with E-state index in [0.717, 1.165) is 33.2 Å². The summed E-state index contributed by atoms with van der Waals surface area (Å²) in [5.41, 5.74) is 4.40. The van der Waals surface area contributed by atoms with E-state index in [1.807, 2.05) is 23.6 Å². The first-order valence-electron chi connectivity index (χ1n) is 6.57. The second-order valence-corrected chi connectivity index (χ2v) is 5.67. The minimum absolute atomic E-state index is 0.673. The van der Waals surface area contributed by atoms with Crippen molar-refractivity contribution in [3.05, 3.63) is 41.4 Å². The molecular weight excluding hydrogens is 284 g/mol. The molecule has 0 fully saturated rings. The Morgan fingerprint density at radius 1 is 1.24 bits per heavy atom. The van der Waals surface area contributed by atoms with Gasteiger partial charge in [-0.2, -0.15) is 16.4 Å². The molecule has 21 heavy (non-hydrogen) atoms. The van der Waals surface area contributed by atoms with Gasteiger partial charge < -0.3 is 5.11 Å². The third-order valence-corrected chi connectivity index (χ3v) is 4.11. The van der Waals surface area contributed by atoms with E-state index in [1.54, 1.807) is 35.3 Å². The van der Waals surface area contributed by atoms with Crippen molar-refractivity contribution in [2.45, 2.75) is 13.2 Å². The molecule has 0 aliphatic heterocycles. The van der Waals surface area contributed by atoms with Crippen molar-refractivity contribution in [1.29, 1.82) is 0 Å². The average molecular weight is 296 g/mol. The van der Waals surface area contributed by atoms with Gasteiger partial charge in [0.25, 0.3) is 0 Å². The normalized spacial score (nSPS) is 13.0. The van der Waals surface area contributed by atoms with Crippen LogP contribution in [-0.2, 0) is 0 Å². The quantitative estimate of drug-likeness (QED) is 0.617. The summed E-state index contributed by atoms with van der Waals surface area (Å²) in [6.07, 6.45) is 2.85. The summed E-state index contributed by atoms with van der Waals surface area (Å²) in [6, 6.07) is 5.90. The van der Waals surface area contributed by atoms with Crippen LogP contribution in [0.25, 0.3) is 33.2 Å². The van der Waals surface area contributed by atoms with Crippen LogP contribution in [0.2, 0.25) is 0 Å². The number of thiophene rings is 1. The SMILES string of the molecule is CC(O)n1ncc2cc3ncc(-c4ccsc4)nc3cc21. The molecule has 0 radical (unpaired) electrons. The molecule has 0 amide bonds. The molecule has 4 rings (SSSR count). The average Bonchev–Trinajstić information content (AvgIpc) is 3.13. The maximum atomic E-state index is 9.75. The topological polar surface area (TPSA) is 63.8 Å². The van der Waals surface area contributed by atoms with Crippen molar-refractivity contribution >= 4 is 33.3 Å². The van der Waals surface area contributed by atoms with Gasteiger partial charge in [0.05, 0.1) is 34.6 Å². The monoisotopic (exact) mass is 296 g/mol. The number of aliphatic hydroxyl groups excluding tert-OH is 1. The molecular formula is C15H12N4OS. The lowest BCUT2D eigenvalue weighted by Gasteiger charge is -2.07. The second kappa shape index (κ2) is 4.61. The van der Waals surface area contributed by atoms with Crippen LogP contribution in [0.3, 0.4) is 0 Å². The summed E-state index contributed by atoms with van der Waals surface area (Å²) in [6.45, 7) is 1.68. The zero-order valence-corrected chi connectivity index (χ0v) is 12.1. The van der Waals surface area contributed by atoms with Gasteiger partial charge in [-0.05, 0) is 30.5 Å². The van der Waals surface area contributed by atoms with Crippen LogP contribution >= 0.6 is 11.3 Å². The molecule has 4 aromatic rings. The Labute approximate surface area is 124 Å². The van der Waals surface area contributed by atoms with Crippen molar-refractivity contribution in [3.8, 4) is 11.3 Å². The molecule has 104 valence electrons. The summed E-state index contributed by atoms with van der Waals surface area (Å²) in [5.74, 6) is 0. The molecule has 3 aromatic heterocycles. The molecule has 5 nitrogen and oxygen atoms in total. The van der Waals surface area contributed by atoms with Crippen LogP contribution in [0.5, 0.6) is 0 Å². The van der Waals surface area contributed by atoms with Crippen LogP contribution < -0.4 is 0 Å². The molecule has 1 aromatic carbocycles. The van der Waals surface area contributed by atoms with Crippen LogP contribution in [0.15, 0.2) is 41.4 Å². The minimum atomic E-state index is -0.673. The van der Waals surface area contributed by atoms with Crippen molar-refractivity contribution in [2.75, 3.05) is 0 Å². The van der Waals surface area contributed by atoms with Crippen LogP contribution in [0, 0.1) is 0 Å². The van der Waals surface area contributed by atoms with Crippen molar-refractivity contribution in [3.63, 3.8) is 0 Å². The Hall–Kier alpha value is -2.31. The fourth-order valence-corrected chi connectivity index (χ4v) is 3.05.